The standard InChI is InChI=1S/C19H31NO/c1-5-18(21)15-8-10-17(11-9-15)20-13-6-7-16(12-14-20)19(2,3)4/h8-11,16,18,21H,5-7,12-14H2,1-4H3/t16?,18-/m0/s1. The molecule has 0 amide bonds. The molecule has 1 unspecified atom stereocenters. The van der Waals surface area contributed by atoms with Gasteiger partial charge in [0, 0.05) is 18.8 Å². The molecule has 0 aliphatic carbocycles. The van der Waals surface area contributed by atoms with Gasteiger partial charge < -0.3 is 10.0 Å². The van der Waals surface area contributed by atoms with Crippen molar-refractivity contribution in [2.24, 2.45) is 11.3 Å². The second-order valence-electron chi connectivity index (χ2n) is 7.50. The van der Waals surface area contributed by atoms with E-state index >= 15 is 0 Å². The minimum atomic E-state index is -0.326. The number of rotatable bonds is 3. The molecular formula is C19H31NO. The van der Waals surface area contributed by atoms with Crippen molar-refractivity contribution in [3.05, 3.63) is 29.8 Å². The molecule has 2 nitrogen and oxygen atoms in total. The smallest absolute Gasteiger partial charge is 0.0787 e. The van der Waals surface area contributed by atoms with Crippen molar-refractivity contribution in [1.82, 2.24) is 0 Å². The molecule has 1 heterocycles. The van der Waals surface area contributed by atoms with Gasteiger partial charge in [-0.1, -0.05) is 39.8 Å². The van der Waals surface area contributed by atoms with Crippen LogP contribution in [0.2, 0.25) is 0 Å². The molecule has 1 aromatic rings. The zero-order chi connectivity index (χ0) is 15.5. The van der Waals surface area contributed by atoms with Crippen LogP contribution >= 0.6 is 0 Å². The summed E-state index contributed by atoms with van der Waals surface area (Å²) in [5, 5.41) is 9.89. The van der Waals surface area contributed by atoms with Crippen LogP contribution in [0.5, 0.6) is 0 Å². The molecule has 0 bridgehead atoms. The fourth-order valence-corrected chi connectivity index (χ4v) is 3.36. The number of aliphatic hydroxyl groups is 1. The number of nitrogens with zero attached hydrogens (tertiary/aromatic N) is 1. The lowest BCUT2D eigenvalue weighted by Gasteiger charge is -2.30. The van der Waals surface area contributed by atoms with Gasteiger partial charge in [-0.2, -0.15) is 0 Å². The maximum Gasteiger partial charge on any atom is 0.0787 e. The van der Waals surface area contributed by atoms with E-state index in [9.17, 15) is 5.11 Å². The molecule has 1 fully saturated rings. The van der Waals surface area contributed by atoms with Gasteiger partial charge in [0.1, 0.15) is 0 Å². The Balaban J connectivity index is 2.02. The van der Waals surface area contributed by atoms with Crippen molar-refractivity contribution >= 4 is 5.69 Å². The summed E-state index contributed by atoms with van der Waals surface area (Å²) in [5.74, 6) is 0.823. The van der Waals surface area contributed by atoms with Crippen molar-refractivity contribution in [3.63, 3.8) is 0 Å². The van der Waals surface area contributed by atoms with Crippen LogP contribution in [0, 0.1) is 11.3 Å². The summed E-state index contributed by atoms with van der Waals surface area (Å²) in [6, 6.07) is 8.50. The van der Waals surface area contributed by atoms with Crippen LogP contribution in [0.4, 0.5) is 5.69 Å². The zero-order valence-electron chi connectivity index (χ0n) is 14.1. The Labute approximate surface area is 130 Å². The lowest BCUT2D eigenvalue weighted by molar-refractivity contribution is 0.173. The summed E-state index contributed by atoms with van der Waals surface area (Å²) < 4.78 is 0. The van der Waals surface area contributed by atoms with E-state index < -0.39 is 0 Å². The van der Waals surface area contributed by atoms with Gasteiger partial charge >= 0.3 is 0 Å². The molecule has 2 atom stereocenters. The number of anilines is 1. The second kappa shape index (κ2) is 6.83. The maximum atomic E-state index is 9.89. The van der Waals surface area contributed by atoms with Gasteiger partial charge in [0.2, 0.25) is 0 Å². The first-order valence-corrected chi connectivity index (χ1v) is 8.44. The summed E-state index contributed by atoms with van der Waals surface area (Å²) in [6.07, 6.45) is 4.35. The summed E-state index contributed by atoms with van der Waals surface area (Å²) in [4.78, 5) is 2.51. The molecule has 0 saturated carbocycles. The lowest BCUT2D eigenvalue weighted by atomic mass is 9.77. The highest BCUT2D eigenvalue weighted by atomic mass is 16.3. The molecule has 0 aromatic heterocycles. The third kappa shape index (κ3) is 4.23. The van der Waals surface area contributed by atoms with Gasteiger partial charge in [0.15, 0.2) is 0 Å². The van der Waals surface area contributed by atoms with E-state index in [1.165, 1.54) is 24.9 Å². The van der Waals surface area contributed by atoms with E-state index in [-0.39, 0.29) is 6.10 Å². The summed E-state index contributed by atoms with van der Waals surface area (Å²) in [7, 11) is 0. The normalized spacial score (nSPS) is 22.0. The fraction of sp³-hybridized carbons (Fsp3) is 0.684. The minimum Gasteiger partial charge on any atom is -0.388 e. The Bertz CT molecular complexity index is 432. The first-order valence-electron chi connectivity index (χ1n) is 8.44. The van der Waals surface area contributed by atoms with Crippen molar-refractivity contribution < 1.29 is 5.11 Å². The third-order valence-electron chi connectivity index (χ3n) is 4.98. The van der Waals surface area contributed by atoms with Crippen LogP contribution in [-0.2, 0) is 0 Å². The van der Waals surface area contributed by atoms with Gasteiger partial charge in [-0.15, -0.1) is 0 Å². The molecule has 1 aliphatic rings. The Morgan fingerprint density at radius 2 is 1.81 bits per heavy atom. The van der Waals surface area contributed by atoms with Crippen LogP contribution in [0.15, 0.2) is 24.3 Å². The molecule has 1 aromatic carbocycles. The highest BCUT2D eigenvalue weighted by Gasteiger charge is 2.27. The van der Waals surface area contributed by atoms with Gasteiger partial charge in [-0.3, -0.25) is 0 Å². The fourth-order valence-electron chi connectivity index (χ4n) is 3.36. The van der Waals surface area contributed by atoms with E-state index in [2.05, 4.69) is 49.9 Å². The highest BCUT2D eigenvalue weighted by Crippen LogP contribution is 2.35. The van der Waals surface area contributed by atoms with Crippen LogP contribution in [-0.4, -0.2) is 18.2 Å². The van der Waals surface area contributed by atoms with Crippen molar-refractivity contribution in [3.8, 4) is 0 Å². The molecule has 1 N–H and O–H groups in total. The van der Waals surface area contributed by atoms with Crippen molar-refractivity contribution in [1.29, 1.82) is 0 Å². The summed E-state index contributed by atoms with van der Waals surface area (Å²) in [5.41, 5.74) is 2.76. The van der Waals surface area contributed by atoms with Gasteiger partial charge in [0.25, 0.3) is 0 Å². The molecule has 21 heavy (non-hydrogen) atoms. The molecular weight excluding hydrogens is 258 g/mol. The quantitative estimate of drug-likeness (QED) is 0.865. The molecule has 0 radical (unpaired) electrons. The van der Waals surface area contributed by atoms with E-state index in [4.69, 9.17) is 0 Å². The number of hydrogen-bond donors (Lipinski definition) is 1. The van der Waals surface area contributed by atoms with Crippen molar-refractivity contribution in [2.45, 2.75) is 59.5 Å². The largest absolute Gasteiger partial charge is 0.388 e. The number of aliphatic hydroxyl groups excluding tert-OH is 1. The van der Waals surface area contributed by atoms with Gasteiger partial charge in [-0.25, -0.2) is 0 Å². The maximum absolute atomic E-state index is 9.89. The number of benzene rings is 1. The number of hydrogen-bond acceptors (Lipinski definition) is 2. The van der Waals surface area contributed by atoms with Gasteiger partial charge in [0.05, 0.1) is 6.10 Å². The average Bonchev–Trinajstić information content (AvgIpc) is 2.72. The molecule has 2 rings (SSSR count). The molecule has 2 heteroatoms. The third-order valence-corrected chi connectivity index (χ3v) is 4.98. The molecule has 1 saturated heterocycles. The Hall–Kier alpha value is -1.02. The van der Waals surface area contributed by atoms with E-state index in [1.54, 1.807) is 0 Å². The van der Waals surface area contributed by atoms with E-state index in [0.717, 1.165) is 31.0 Å². The van der Waals surface area contributed by atoms with E-state index in [0.29, 0.717) is 5.41 Å². The van der Waals surface area contributed by atoms with Crippen LogP contribution in [0.3, 0.4) is 0 Å². The van der Waals surface area contributed by atoms with Crippen molar-refractivity contribution in [2.75, 3.05) is 18.0 Å². The Morgan fingerprint density at radius 3 is 2.38 bits per heavy atom. The summed E-state index contributed by atoms with van der Waals surface area (Å²) in [6.45, 7) is 11.4. The van der Waals surface area contributed by atoms with E-state index in [1.807, 2.05) is 6.92 Å². The molecule has 118 valence electrons. The monoisotopic (exact) mass is 289 g/mol. The zero-order valence-corrected chi connectivity index (χ0v) is 14.1. The molecule has 0 spiro atoms. The lowest BCUT2D eigenvalue weighted by Crippen LogP contribution is -2.26. The minimum absolute atomic E-state index is 0.326. The van der Waals surface area contributed by atoms with Crippen LogP contribution in [0.1, 0.15) is 65.0 Å². The Kier molecular flexibility index (Phi) is 5.32. The predicted molar refractivity (Wildman–Crippen MR) is 90.7 cm³/mol. The predicted octanol–water partition coefficient (Wildman–Crippen LogP) is 4.78. The SMILES string of the molecule is CC[C@H](O)c1ccc(N2CCCC(C(C)(C)C)CC2)cc1. The Morgan fingerprint density at radius 1 is 1.14 bits per heavy atom. The summed E-state index contributed by atoms with van der Waals surface area (Å²) >= 11 is 0. The second-order valence-corrected chi connectivity index (χ2v) is 7.50. The highest BCUT2D eigenvalue weighted by molar-refractivity contribution is 5.48. The first-order chi connectivity index (χ1) is 9.91. The van der Waals surface area contributed by atoms with Crippen LogP contribution in [0.25, 0.3) is 0 Å². The van der Waals surface area contributed by atoms with Crippen LogP contribution < -0.4 is 4.90 Å². The molecule has 1 aliphatic heterocycles. The average molecular weight is 289 g/mol. The van der Waals surface area contributed by atoms with Gasteiger partial charge in [-0.05, 0) is 54.7 Å². The first kappa shape index (κ1) is 16.4. The topological polar surface area (TPSA) is 23.5 Å².